The van der Waals surface area contributed by atoms with Crippen molar-refractivity contribution >= 4 is 17.7 Å². The molecular weight excluding hydrogens is 376 g/mol. The van der Waals surface area contributed by atoms with Crippen molar-refractivity contribution in [3.8, 4) is 11.5 Å². The Bertz CT molecular complexity index is 898. The zero-order valence-corrected chi connectivity index (χ0v) is 16.5. The van der Waals surface area contributed by atoms with E-state index in [-0.39, 0.29) is 11.5 Å². The number of ketones is 1. The molecule has 0 aliphatic carbocycles. The number of rotatable bonds is 8. The number of amides is 1. The number of H-pyrrole nitrogens is 1. The Morgan fingerprint density at radius 2 is 1.83 bits per heavy atom. The van der Waals surface area contributed by atoms with Crippen LogP contribution in [0.25, 0.3) is 0 Å². The van der Waals surface area contributed by atoms with Crippen molar-refractivity contribution in [3.05, 3.63) is 47.3 Å². The molecule has 1 fully saturated rings. The maximum Gasteiger partial charge on any atom is 0.338 e. The first kappa shape index (κ1) is 20.4. The average Bonchev–Trinajstić information content (AvgIpc) is 3.44. The van der Waals surface area contributed by atoms with Gasteiger partial charge in [-0.3, -0.25) is 9.59 Å². The average molecular weight is 400 g/mol. The first-order valence-corrected chi connectivity index (χ1v) is 9.52. The quantitative estimate of drug-likeness (QED) is 0.540. The zero-order valence-electron chi connectivity index (χ0n) is 16.5. The van der Waals surface area contributed by atoms with Crippen LogP contribution in [-0.4, -0.2) is 61.0 Å². The monoisotopic (exact) mass is 400 g/mol. The van der Waals surface area contributed by atoms with E-state index >= 15 is 0 Å². The van der Waals surface area contributed by atoms with E-state index in [1.165, 1.54) is 31.5 Å². The summed E-state index contributed by atoms with van der Waals surface area (Å²) in [5.74, 6) is -0.242. The highest BCUT2D eigenvalue weighted by molar-refractivity contribution is 6.02. The molecule has 1 aromatic carbocycles. The van der Waals surface area contributed by atoms with Crippen LogP contribution in [0.4, 0.5) is 0 Å². The van der Waals surface area contributed by atoms with E-state index in [4.69, 9.17) is 14.2 Å². The van der Waals surface area contributed by atoms with Crippen LogP contribution in [0.15, 0.2) is 30.5 Å². The molecule has 1 amide bonds. The number of likely N-dealkylation sites (tertiary alicyclic amines) is 1. The number of esters is 1. The molecular formula is C21H24N2O6. The number of hydrogen-bond acceptors (Lipinski definition) is 6. The molecule has 8 heteroatoms. The van der Waals surface area contributed by atoms with Gasteiger partial charge in [0, 0.05) is 24.8 Å². The lowest BCUT2D eigenvalue weighted by molar-refractivity contribution is 0.0474. The van der Waals surface area contributed by atoms with E-state index in [0.717, 1.165) is 25.9 Å². The summed E-state index contributed by atoms with van der Waals surface area (Å²) < 4.78 is 15.7. The van der Waals surface area contributed by atoms with Crippen LogP contribution in [0.1, 0.15) is 51.0 Å². The van der Waals surface area contributed by atoms with Crippen molar-refractivity contribution < 1.29 is 28.6 Å². The van der Waals surface area contributed by atoms with Crippen LogP contribution in [0.5, 0.6) is 11.5 Å². The number of carbonyl (C=O) groups excluding carboxylic acids is 3. The summed E-state index contributed by atoms with van der Waals surface area (Å²) in [7, 11) is 1.51. The van der Waals surface area contributed by atoms with Gasteiger partial charge in [-0.25, -0.2) is 4.79 Å². The van der Waals surface area contributed by atoms with E-state index in [1.54, 1.807) is 11.0 Å². The third kappa shape index (κ3) is 4.77. The van der Waals surface area contributed by atoms with Gasteiger partial charge in [0.1, 0.15) is 5.69 Å². The number of nitrogens with one attached hydrogen (secondary N) is 1. The van der Waals surface area contributed by atoms with E-state index in [2.05, 4.69) is 4.98 Å². The first-order valence-electron chi connectivity index (χ1n) is 9.52. The Hall–Kier alpha value is -3.29. The lowest BCUT2D eigenvalue weighted by atomic mass is 10.2. The smallest absolute Gasteiger partial charge is 0.338 e. The molecule has 2 heterocycles. The summed E-state index contributed by atoms with van der Waals surface area (Å²) in [6.07, 6.45) is 3.44. The largest absolute Gasteiger partial charge is 0.493 e. The van der Waals surface area contributed by atoms with Gasteiger partial charge in [0.2, 0.25) is 5.78 Å². The number of hydrogen-bond donors (Lipinski definition) is 1. The maximum absolute atomic E-state index is 12.3. The second kappa shape index (κ2) is 9.27. The van der Waals surface area contributed by atoms with Gasteiger partial charge in [-0.15, -0.1) is 0 Å². The highest BCUT2D eigenvalue weighted by atomic mass is 16.5. The molecule has 2 aromatic rings. The summed E-state index contributed by atoms with van der Waals surface area (Å²) >= 11 is 0. The van der Waals surface area contributed by atoms with Gasteiger partial charge in [-0.05, 0) is 44.0 Å². The van der Waals surface area contributed by atoms with E-state index < -0.39 is 18.4 Å². The summed E-state index contributed by atoms with van der Waals surface area (Å²) in [5.41, 5.74) is 0.907. The van der Waals surface area contributed by atoms with Crippen molar-refractivity contribution in [2.45, 2.75) is 19.8 Å². The molecule has 1 N–H and O–H groups in total. The molecule has 1 aliphatic heterocycles. The van der Waals surface area contributed by atoms with Crippen LogP contribution in [0.3, 0.4) is 0 Å². The minimum absolute atomic E-state index is 0.125. The Kier molecular flexibility index (Phi) is 6.54. The maximum atomic E-state index is 12.3. The van der Waals surface area contributed by atoms with E-state index in [0.29, 0.717) is 29.4 Å². The van der Waals surface area contributed by atoms with Gasteiger partial charge >= 0.3 is 5.97 Å². The Morgan fingerprint density at radius 3 is 2.52 bits per heavy atom. The number of aromatic amines is 1. The zero-order chi connectivity index (χ0) is 20.8. The molecule has 29 heavy (non-hydrogen) atoms. The lowest BCUT2D eigenvalue weighted by Gasteiger charge is -2.13. The molecule has 1 aromatic heterocycles. The number of benzene rings is 1. The van der Waals surface area contributed by atoms with Crippen LogP contribution < -0.4 is 9.47 Å². The van der Waals surface area contributed by atoms with Gasteiger partial charge in [0.25, 0.3) is 5.91 Å². The van der Waals surface area contributed by atoms with Gasteiger partial charge in [0.15, 0.2) is 18.1 Å². The lowest BCUT2D eigenvalue weighted by Crippen LogP contribution is -2.27. The predicted octanol–water partition coefficient (Wildman–Crippen LogP) is 2.70. The molecule has 1 saturated heterocycles. The van der Waals surface area contributed by atoms with Crippen LogP contribution in [0.2, 0.25) is 0 Å². The SMILES string of the molecule is CCOc1cc(C(=O)OCC(=O)c2c[nH]c(C(=O)N3CCCC3)c2)ccc1OC. The number of carbonyl (C=O) groups is 3. The summed E-state index contributed by atoms with van der Waals surface area (Å²) in [6, 6.07) is 6.15. The number of methoxy groups -OCH3 is 1. The van der Waals surface area contributed by atoms with E-state index in [1.807, 2.05) is 6.92 Å². The number of Topliss-reactive ketones (excluding diaryl/α,β-unsaturated/α-hetero) is 1. The van der Waals surface area contributed by atoms with Crippen LogP contribution in [-0.2, 0) is 4.74 Å². The number of aromatic nitrogens is 1. The van der Waals surface area contributed by atoms with Crippen molar-refractivity contribution in [1.29, 1.82) is 0 Å². The Balaban J connectivity index is 1.60. The second-order valence-electron chi connectivity index (χ2n) is 6.60. The molecule has 0 radical (unpaired) electrons. The molecule has 8 nitrogen and oxygen atoms in total. The van der Waals surface area contributed by atoms with E-state index in [9.17, 15) is 14.4 Å². The van der Waals surface area contributed by atoms with Gasteiger partial charge in [-0.1, -0.05) is 0 Å². The number of ether oxygens (including phenoxy) is 3. The number of nitrogens with zero attached hydrogens (tertiary/aromatic N) is 1. The standard InChI is InChI=1S/C21H24N2O6/c1-3-28-19-11-14(6-7-18(19)27-2)21(26)29-13-17(24)15-10-16(22-12-15)20(25)23-8-4-5-9-23/h6-7,10-12,22H,3-5,8-9,13H2,1-2H3. The van der Waals surface area contributed by atoms with Crippen molar-refractivity contribution in [1.82, 2.24) is 9.88 Å². The van der Waals surface area contributed by atoms with Gasteiger partial charge in [-0.2, -0.15) is 0 Å². The third-order valence-electron chi connectivity index (χ3n) is 4.66. The van der Waals surface area contributed by atoms with Gasteiger partial charge < -0.3 is 24.1 Å². The molecule has 0 unspecified atom stereocenters. The Morgan fingerprint density at radius 1 is 1.07 bits per heavy atom. The molecule has 154 valence electrons. The fourth-order valence-corrected chi connectivity index (χ4v) is 3.14. The molecule has 1 aliphatic rings. The second-order valence-corrected chi connectivity index (χ2v) is 6.60. The highest BCUT2D eigenvalue weighted by Crippen LogP contribution is 2.28. The highest BCUT2D eigenvalue weighted by Gasteiger charge is 2.22. The predicted molar refractivity (Wildman–Crippen MR) is 105 cm³/mol. The van der Waals surface area contributed by atoms with Crippen LogP contribution in [0, 0.1) is 0 Å². The molecule has 0 spiro atoms. The fourth-order valence-electron chi connectivity index (χ4n) is 3.14. The van der Waals surface area contributed by atoms with Crippen molar-refractivity contribution in [2.24, 2.45) is 0 Å². The third-order valence-corrected chi connectivity index (χ3v) is 4.66. The molecule has 3 rings (SSSR count). The normalized spacial score (nSPS) is 13.2. The fraction of sp³-hybridized carbons (Fsp3) is 0.381. The van der Waals surface area contributed by atoms with Crippen molar-refractivity contribution in [2.75, 3.05) is 33.4 Å². The Labute approximate surface area is 168 Å². The summed E-state index contributed by atoms with van der Waals surface area (Å²) in [6.45, 7) is 3.26. The molecule has 0 bridgehead atoms. The minimum atomic E-state index is -0.647. The van der Waals surface area contributed by atoms with Crippen LogP contribution >= 0.6 is 0 Å². The molecule has 0 saturated carbocycles. The molecule has 0 atom stereocenters. The first-order chi connectivity index (χ1) is 14.0. The van der Waals surface area contributed by atoms with Gasteiger partial charge in [0.05, 0.1) is 19.3 Å². The minimum Gasteiger partial charge on any atom is -0.493 e. The summed E-state index contributed by atoms with van der Waals surface area (Å²) in [5, 5.41) is 0. The summed E-state index contributed by atoms with van der Waals surface area (Å²) in [4.78, 5) is 41.6. The van der Waals surface area contributed by atoms with Crippen molar-refractivity contribution in [3.63, 3.8) is 0 Å². The topological polar surface area (TPSA) is 97.9 Å².